The summed E-state index contributed by atoms with van der Waals surface area (Å²) < 4.78 is 5.93. The number of hydrogen-bond acceptors (Lipinski definition) is 5. The molecule has 2 aromatic carbocycles. The van der Waals surface area contributed by atoms with Crippen LogP contribution in [0, 0.1) is 13.8 Å². The SMILES string of the molecule is Cc1ccc(COc2ccc(Cl)cc2C=NNc2nc(C)cs2)cc1. The molecule has 0 spiro atoms. The van der Waals surface area contributed by atoms with Gasteiger partial charge in [0.1, 0.15) is 12.4 Å². The summed E-state index contributed by atoms with van der Waals surface area (Å²) in [6, 6.07) is 13.7. The fourth-order valence-electron chi connectivity index (χ4n) is 2.16. The van der Waals surface area contributed by atoms with Gasteiger partial charge in [0.05, 0.1) is 11.9 Å². The van der Waals surface area contributed by atoms with Gasteiger partial charge >= 0.3 is 0 Å². The van der Waals surface area contributed by atoms with Gasteiger partial charge in [-0.1, -0.05) is 41.4 Å². The van der Waals surface area contributed by atoms with Crippen LogP contribution in [0.15, 0.2) is 52.9 Å². The number of hydrazone groups is 1. The average molecular weight is 372 g/mol. The molecule has 4 nitrogen and oxygen atoms in total. The molecule has 0 saturated heterocycles. The molecule has 1 aromatic heterocycles. The number of aromatic nitrogens is 1. The summed E-state index contributed by atoms with van der Waals surface area (Å²) in [5, 5.41) is 7.58. The standard InChI is InChI=1S/C19H18ClN3OS/c1-13-3-5-15(6-4-13)11-24-18-8-7-17(20)9-16(18)10-21-23-19-22-14(2)12-25-19/h3-10,12H,11H2,1-2H3,(H,22,23). The summed E-state index contributed by atoms with van der Waals surface area (Å²) in [5.74, 6) is 0.728. The van der Waals surface area contributed by atoms with E-state index in [2.05, 4.69) is 46.7 Å². The molecule has 6 heteroatoms. The predicted octanol–water partition coefficient (Wildman–Crippen LogP) is 5.44. The van der Waals surface area contributed by atoms with Crippen molar-refractivity contribution in [3.8, 4) is 5.75 Å². The molecule has 0 bridgehead atoms. The van der Waals surface area contributed by atoms with Gasteiger partial charge in [0.15, 0.2) is 0 Å². The molecule has 0 fully saturated rings. The number of hydrogen-bond donors (Lipinski definition) is 1. The van der Waals surface area contributed by atoms with Crippen molar-refractivity contribution in [2.24, 2.45) is 5.10 Å². The van der Waals surface area contributed by atoms with E-state index in [1.54, 1.807) is 12.3 Å². The van der Waals surface area contributed by atoms with Crippen LogP contribution in [0.1, 0.15) is 22.4 Å². The Morgan fingerprint density at radius 2 is 2.00 bits per heavy atom. The summed E-state index contributed by atoms with van der Waals surface area (Å²) in [6.45, 7) is 4.50. The first-order valence-corrected chi connectivity index (χ1v) is 9.05. The fourth-order valence-corrected chi connectivity index (χ4v) is 2.98. The Balaban J connectivity index is 1.70. The number of nitrogens with zero attached hydrogens (tertiary/aromatic N) is 2. The van der Waals surface area contributed by atoms with Gasteiger partial charge in [0, 0.05) is 16.0 Å². The molecule has 0 radical (unpaired) electrons. The largest absolute Gasteiger partial charge is 0.488 e. The molecule has 0 aliphatic heterocycles. The fraction of sp³-hybridized carbons (Fsp3) is 0.158. The molecule has 0 aliphatic rings. The number of halogens is 1. The van der Waals surface area contributed by atoms with Crippen molar-refractivity contribution >= 4 is 34.3 Å². The molecule has 3 rings (SSSR count). The van der Waals surface area contributed by atoms with Crippen LogP contribution in [0.25, 0.3) is 0 Å². The lowest BCUT2D eigenvalue weighted by Crippen LogP contribution is -1.99. The zero-order valence-corrected chi connectivity index (χ0v) is 15.6. The maximum Gasteiger partial charge on any atom is 0.203 e. The molecule has 0 aliphatic carbocycles. The first-order chi connectivity index (χ1) is 12.1. The first-order valence-electron chi connectivity index (χ1n) is 7.79. The van der Waals surface area contributed by atoms with Crippen molar-refractivity contribution in [2.75, 3.05) is 5.43 Å². The highest BCUT2D eigenvalue weighted by atomic mass is 35.5. The van der Waals surface area contributed by atoms with E-state index in [0.717, 1.165) is 27.7 Å². The highest BCUT2D eigenvalue weighted by Gasteiger charge is 2.04. The Labute approximate surface area is 156 Å². The maximum atomic E-state index is 6.10. The van der Waals surface area contributed by atoms with Gasteiger partial charge in [-0.15, -0.1) is 11.3 Å². The van der Waals surface area contributed by atoms with Crippen LogP contribution in [-0.2, 0) is 6.61 Å². The van der Waals surface area contributed by atoms with E-state index in [4.69, 9.17) is 16.3 Å². The smallest absolute Gasteiger partial charge is 0.203 e. The van der Waals surface area contributed by atoms with Gasteiger partial charge in [0.2, 0.25) is 5.13 Å². The first kappa shape index (κ1) is 17.5. The Bertz CT molecular complexity index is 875. The topological polar surface area (TPSA) is 46.5 Å². The highest BCUT2D eigenvalue weighted by molar-refractivity contribution is 7.13. The maximum absolute atomic E-state index is 6.10. The summed E-state index contributed by atoms with van der Waals surface area (Å²) in [7, 11) is 0. The molecule has 25 heavy (non-hydrogen) atoms. The Hall–Kier alpha value is -2.37. The van der Waals surface area contributed by atoms with Crippen molar-refractivity contribution in [1.82, 2.24) is 4.98 Å². The molecule has 0 amide bonds. The van der Waals surface area contributed by atoms with Crippen molar-refractivity contribution in [3.05, 3.63) is 75.3 Å². The van der Waals surface area contributed by atoms with Crippen LogP contribution in [0.2, 0.25) is 5.02 Å². The van der Waals surface area contributed by atoms with E-state index in [1.807, 2.05) is 24.4 Å². The van der Waals surface area contributed by atoms with Gasteiger partial charge in [-0.3, -0.25) is 5.43 Å². The predicted molar refractivity (Wildman–Crippen MR) is 105 cm³/mol. The Morgan fingerprint density at radius 3 is 2.72 bits per heavy atom. The van der Waals surface area contributed by atoms with E-state index >= 15 is 0 Å². The quantitative estimate of drug-likeness (QED) is 0.463. The number of anilines is 1. The second kappa shape index (κ2) is 8.14. The van der Waals surface area contributed by atoms with Crippen molar-refractivity contribution in [3.63, 3.8) is 0 Å². The minimum Gasteiger partial charge on any atom is -0.488 e. The number of rotatable bonds is 6. The third-order valence-corrected chi connectivity index (χ3v) is 4.57. The summed E-state index contributed by atoms with van der Waals surface area (Å²) >= 11 is 7.61. The monoisotopic (exact) mass is 371 g/mol. The molecule has 0 atom stereocenters. The van der Waals surface area contributed by atoms with Crippen LogP contribution in [0.4, 0.5) is 5.13 Å². The number of aryl methyl sites for hydroxylation is 2. The summed E-state index contributed by atoms with van der Waals surface area (Å²) in [5.41, 5.74) is 7.03. The zero-order chi connectivity index (χ0) is 17.6. The van der Waals surface area contributed by atoms with Crippen LogP contribution < -0.4 is 10.2 Å². The molecule has 0 unspecified atom stereocenters. The normalized spacial score (nSPS) is 11.0. The van der Waals surface area contributed by atoms with Crippen LogP contribution >= 0.6 is 22.9 Å². The number of ether oxygens (including phenoxy) is 1. The van der Waals surface area contributed by atoms with Crippen molar-refractivity contribution < 1.29 is 4.74 Å². The lowest BCUT2D eigenvalue weighted by Gasteiger charge is -2.10. The van der Waals surface area contributed by atoms with Gasteiger partial charge in [-0.2, -0.15) is 5.10 Å². The molecule has 0 saturated carbocycles. The second-order valence-corrected chi connectivity index (χ2v) is 6.92. The van der Waals surface area contributed by atoms with E-state index in [9.17, 15) is 0 Å². The van der Waals surface area contributed by atoms with Crippen LogP contribution in [0.5, 0.6) is 5.75 Å². The van der Waals surface area contributed by atoms with Crippen molar-refractivity contribution in [2.45, 2.75) is 20.5 Å². The average Bonchev–Trinajstić information content (AvgIpc) is 3.01. The third kappa shape index (κ3) is 5.05. The summed E-state index contributed by atoms with van der Waals surface area (Å²) in [6.07, 6.45) is 1.69. The summed E-state index contributed by atoms with van der Waals surface area (Å²) in [4.78, 5) is 4.30. The molecule has 1 N–H and O–H groups in total. The van der Waals surface area contributed by atoms with Gasteiger partial charge in [-0.25, -0.2) is 4.98 Å². The molecule has 3 aromatic rings. The van der Waals surface area contributed by atoms with E-state index in [1.165, 1.54) is 16.9 Å². The minimum absolute atomic E-state index is 0.488. The Morgan fingerprint density at radius 1 is 1.20 bits per heavy atom. The minimum atomic E-state index is 0.488. The molecular weight excluding hydrogens is 354 g/mol. The number of benzene rings is 2. The second-order valence-electron chi connectivity index (χ2n) is 5.62. The van der Waals surface area contributed by atoms with Gasteiger partial charge < -0.3 is 4.74 Å². The highest BCUT2D eigenvalue weighted by Crippen LogP contribution is 2.23. The van der Waals surface area contributed by atoms with Crippen LogP contribution in [-0.4, -0.2) is 11.2 Å². The third-order valence-electron chi connectivity index (χ3n) is 3.47. The number of thiazole rings is 1. The van der Waals surface area contributed by atoms with Crippen molar-refractivity contribution in [1.29, 1.82) is 0 Å². The lowest BCUT2D eigenvalue weighted by atomic mass is 10.1. The molecular formula is C19H18ClN3OS. The van der Waals surface area contributed by atoms with E-state index in [-0.39, 0.29) is 0 Å². The van der Waals surface area contributed by atoms with Gasteiger partial charge in [0.25, 0.3) is 0 Å². The van der Waals surface area contributed by atoms with Crippen LogP contribution in [0.3, 0.4) is 0 Å². The van der Waals surface area contributed by atoms with E-state index in [0.29, 0.717) is 11.6 Å². The van der Waals surface area contributed by atoms with E-state index < -0.39 is 0 Å². The zero-order valence-electron chi connectivity index (χ0n) is 14.0. The number of nitrogens with one attached hydrogen (secondary N) is 1. The molecule has 128 valence electrons. The Kier molecular flexibility index (Phi) is 5.68. The van der Waals surface area contributed by atoms with Gasteiger partial charge in [-0.05, 0) is 37.6 Å². The lowest BCUT2D eigenvalue weighted by molar-refractivity contribution is 0.306. The molecule has 1 heterocycles.